The Bertz CT molecular complexity index is 557. The quantitative estimate of drug-likeness (QED) is 0.590. The summed E-state index contributed by atoms with van der Waals surface area (Å²) in [6.07, 6.45) is 0. The van der Waals surface area contributed by atoms with Gasteiger partial charge in [0.25, 0.3) is 0 Å². The molecule has 88 valence electrons. The monoisotopic (exact) mass is 306 g/mol. The molecule has 1 aromatic heterocycles. The van der Waals surface area contributed by atoms with Crippen molar-refractivity contribution in [2.75, 3.05) is 5.32 Å². The fraction of sp³-hybridized carbons (Fsp3) is 0. The molecular weight excluding hydrogens is 302 g/mol. The Hall–Kier alpha value is -0.670. The first kappa shape index (κ1) is 12.8. The summed E-state index contributed by atoms with van der Waals surface area (Å²) < 4.78 is 0. The van der Waals surface area contributed by atoms with Crippen molar-refractivity contribution in [3.05, 3.63) is 50.6 Å². The van der Waals surface area contributed by atoms with Gasteiger partial charge in [-0.25, -0.2) is 4.98 Å². The number of rotatable bonds is 2. The molecule has 0 unspecified atom stereocenters. The number of pyridine rings is 1. The summed E-state index contributed by atoms with van der Waals surface area (Å²) in [4.78, 5) is 4.08. The Morgan fingerprint density at radius 3 is 2.29 bits per heavy atom. The summed E-state index contributed by atoms with van der Waals surface area (Å²) in [7, 11) is 0. The Labute approximate surface area is 118 Å². The van der Waals surface area contributed by atoms with Gasteiger partial charge in [0.1, 0.15) is 11.0 Å². The van der Waals surface area contributed by atoms with Crippen molar-refractivity contribution in [3.63, 3.8) is 0 Å². The molecule has 17 heavy (non-hydrogen) atoms. The normalized spacial score (nSPS) is 10.4. The molecule has 0 fully saturated rings. The fourth-order valence-electron chi connectivity index (χ4n) is 1.23. The largest absolute Gasteiger partial charge is 0.339 e. The predicted molar refractivity (Wildman–Crippen MR) is 74.0 cm³/mol. The Balaban J connectivity index is 2.33. The molecule has 0 bridgehead atoms. The SMILES string of the molecule is Clc1cccc(Nc2cc(Cl)c(Cl)cc2Cl)n1. The maximum atomic E-state index is 6.02. The molecule has 1 aromatic carbocycles. The van der Waals surface area contributed by atoms with Crippen LogP contribution in [0.25, 0.3) is 0 Å². The lowest BCUT2D eigenvalue weighted by molar-refractivity contribution is 1.31. The number of hydrogen-bond donors (Lipinski definition) is 1. The summed E-state index contributed by atoms with van der Waals surface area (Å²) >= 11 is 23.5. The topological polar surface area (TPSA) is 24.9 Å². The molecule has 0 aliphatic rings. The van der Waals surface area contributed by atoms with Gasteiger partial charge in [-0.1, -0.05) is 52.5 Å². The second-order valence-corrected chi connectivity index (χ2v) is 4.83. The van der Waals surface area contributed by atoms with E-state index in [4.69, 9.17) is 46.4 Å². The third-order valence-electron chi connectivity index (χ3n) is 1.99. The highest BCUT2D eigenvalue weighted by Crippen LogP contribution is 2.33. The summed E-state index contributed by atoms with van der Waals surface area (Å²) in [5, 5.41) is 4.69. The van der Waals surface area contributed by atoms with Crippen molar-refractivity contribution < 1.29 is 0 Å². The summed E-state index contributed by atoms with van der Waals surface area (Å²) in [6, 6.07) is 8.43. The van der Waals surface area contributed by atoms with E-state index >= 15 is 0 Å². The van der Waals surface area contributed by atoms with Crippen LogP contribution in [0.3, 0.4) is 0 Å². The van der Waals surface area contributed by atoms with Crippen molar-refractivity contribution >= 4 is 57.9 Å². The number of hydrogen-bond acceptors (Lipinski definition) is 2. The van der Waals surface area contributed by atoms with Crippen LogP contribution in [0.2, 0.25) is 20.2 Å². The van der Waals surface area contributed by atoms with Gasteiger partial charge in [-0.15, -0.1) is 0 Å². The van der Waals surface area contributed by atoms with E-state index in [9.17, 15) is 0 Å². The first-order valence-corrected chi connectivity index (χ1v) is 6.11. The minimum atomic E-state index is 0.395. The van der Waals surface area contributed by atoms with Crippen LogP contribution in [-0.2, 0) is 0 Å². The van der Waals surface area contributed by atoms with E-state index < -0.39 is 0 Å². The number of halogens is 4. The Kier molecular flexibility index (Phi) is 4.00. The van der Waals surface area contributed by atoms with E-state index in [1.54, 1.807) is 30.3 Å². The highest BCUT2D eigenvalue weighted by molar-refractivity contribution is 6.44. The number of anilines is 2. The molecule has 0 atom stereocenters. The molecule has 0 amide bonds. The van der Waals surface area contributed by atoms with Gasteiger partial charge in [-0.05, 0) is 24.3 Å². The maximum Gasteiger partial charge on any atom is 0.132 e. The molecule has 6 heteroatoms. The molecular formula is C11H6Cl4N2. The van der Waals surface area contributed by atoms with Crippen LogP contribution in [-0.4, -0.2) is 4.98 Å². The van der Waals surface area contributed by atoms with Crippen LogP contribution in [0.5, 0.6) is 0 Å². The van der Waals surface area contributed by atoms with E-state index in [0.717, 1.165) is 0 Å². The summed E-state index contributed by atoms with van der Waals surface area (Å²) in [5.74, 6) is 0.581. The summed E-state index contributed by atoms with van der Waals surface area (Å²) in [5.41, 5.74) is 0.621. The van der Waals surface area contributed by atoms with Gasteiger partial charge in [-0.2, -0.15) is 0 Å². The van der Waals surface area contributed by atoms with Gasteiger partial charge in [0.2, 0.25) is 0 Å². The second-order valence-electron chi connectivity index (χ2n) is 3.22. The average Bonchev–Trinajstić information content (AvgIpc) is 2.26. The molecule has 0 spiro atoms. The van der Waals surface area contributed by atoms with Gasteiger partial charge in [0, 0.05) is 0 Å². The molecule has 2 nitrogen and oxygen atoms in total. The van der Waals surface area contributed by atoms with Gasteiger partial charge in [0.05, 0.1) is 20.8 Å². The van der Waals surface area contributed by atoms with Crippen molar-refractivity contribution in [2.24, 2.45) is 0 Å². The minimum absolute atomic E-state index is 0.395. The average molecular weight is 308 g/mol. The first-order valence-electron chi connectivity index (χ1n) is 4.60. The van der Waals surface area contributed by atoms with Crippen LogP contribution in [0.4, 0.5) is 11.5 Å². The van der Waals surface area contributed by atoms with Crippen LogP contribution < -0.4 is 5.32 Å². The lowest BCUT2D eigenvalue weighted by Gasteiger charge is -2.09. The molecule has 1 heterocycles. The molecule has 0 aliphatic carbocycles. The van der Waals surface area contributed by atoms with Crippen molar-refractivity contribution in [1.29, 1.82) is 0 Å². The zero-order valence-electron chi connectivity index (χ0n) is 8.35. The molecule has 1 N–H and O–H groups in total. The predicted octanol–water partition coefficient (Wildman–Crippen LogP) is 5.44. The smallest absolute Gasteiger partial charge is 0.132 e. The van der Waals surface area contributed by atoms with Crippen molar-refractivity contribution in [3.8, 4) is 0 Å². The van der Waals surface area contributed by atoms with Crippen molar-refractivity contribution in [2.45, 2.75) is 0 Å². The van der Waals surface area contributed by atoms with Gasteiger partial charge in [0.15, 0.2) is 0 Å². The maximum absolute atomic E-state index is 6.02. The van der Waals surface area contributed by atoms with E-state index in [2.05, 4.69) is 10.3 Å². The van der Waals surface area contributed by atoms with Crippen LogP contribution in [0.1, 0.15) is 0 Å². The highest BCUT2D eigenvalue weighted by atomic mass is 35.5. The highest BCUT2D eigenvalue weighted by Gasteiger charge is 2.06. The molecule has 0 saturated heterocycles. The second kappa shape index (κ2) is 5.32. The lowest BCUT2D eigenvalue weighted by Crippen LogP contribution is -1.94. The van der Waals surface area contributed by atoms with E-state index in [0.29, 0.717) is 31.7 Å². The van der Waals surface area contributed by atoms with Crippen molar-refractivity contribution in [1.82, 2.24) is 4.98 Å². The lowest BCUT2D eigenvalue weighted by atomic mass is 10.3. The van der Waals surface area contributed by atoms with E-state index in [-0.39, 0.29) is 0 Å². The van der Waals surface area contributed by atoms with Gasteiger partial charge < -0.3 is 5.32 Å². The Morgan fingerprint density at radius 1 is 0.882 bits per heavy atom. The molecule has 0 radical (unpaired) electrons. The zero-order chi connectivity index (χ0) is 12.4. The van der Waals surface area contributed by atoms with Crippen LogP contribution in [0, 0.1) is 0 Å². The van der Waals surface area contributed by atoms with E-state index in [1.807, 2.05) is 0 Å². The minimum Gasteiger partial charge on any atom is -0.339 e. The molecule has 0 aliphatic heterocycles. The van der Waals surface area contributed by atoms with Crippen LogP contribution >= 0.6 is 46.4 Å². The number of benzene rings is 1. The number of aromatic nitrogens is 1. The van der Waals surface area contributed by atoms with Gasteiger partial charge in [-0.3, -0.25) is 0 Å². The van der Waals surface area contributed by atoms with E-state index in [1.165, 1.54) is 0 Å². The zero-order valence-corrected chi connectivity index (χ0v) is 11.4. The number of nitrogens with one attached hydrogen (secondary N) is 1. The van der Waals surface area contributed by atoms with Gasteiger partial charge >= 0.3 is 0 Å². The van der Waals surface area contributed by atoms with Crippen LogP contribution in [0.15, 0.2) is 30.3 Å². The Morgan fingerprint density at radius 2 is 1.59 bits per heavy atom. The third-order valence-corrected chi connectivity index (χ3v) is 3.23. The standard InChI is InChI=1S/C11H6Cl4N2/c12-6-4-8(14)9(5-7(6)13)16-11-3-1-2-10(15)17-11/h1-5H,(H,16,17). The third kappa shape index (κ3) is 3.17. The molecule has 2 aromatic rings. The molecule has 2 rings (SSSR count). The first-order chi connectivity index (χ1) is 8.06. The summed E-state index contributed by atoms with van der Waals surface area (Å²) in [6.45, 7) is 0. The molecule has 0 saturated carbocycles. The number of nitrogens with zero attached hydrogens (tertiary/aromatic N) is 1. The fourth-order valence-corrected chi connectivity index (χ4v) is 1.99.